The van der Waals surface area contributed by atoms with Gasteiger partial charge < -0.3 is 9.47 Å². The normalized spacial score (nSPS) is 18.8. The zero-order valence-electron chi connectivity index (χ0n) is 13.1. The summed E-state index contributed by atoms with van der Waals surface area (Å²) in [6, 6.07) is 4.14. The molecule has 1 saturated heterocycles. The molecule has 1 aromatic carbocycles. The first-order chi connectivity index (χ1) is 12.3. The number of sulfonamides is 1. The van der Waals surface area contributed by atoms with Crippen LogP contribution >= 0.6 is 34.5 Å². The van der Waals surface area contributed by atoms with Crippen molar-refractivity contribution in [1.29, 1.82) is 0 Å². The summed E-state index contributed by atoms with van der Waals surface area (Å²) in [4.78, 5) is -0.0630. The van der Waals surface area contributed by atoms with Crippen molar-refractivity contribution in [2.24, 2.45) is 0 Å². The van der Waals surface area contributed by atoms with Crippen molar-refractivity contribution in [1.82, 2.24) is 4.31 Å². The second kappa shape index (κ2) is 7.95. The summed E-state index contributed by atoms with van der Waals surface area (Å²) < 4.78 is 64.5. The van der Waals surface area contributed by atoms with Crippen molar-refractivity contribution >= 4 is 44.6 Å². The Labute approximate surface area is 163 Å². The average molecular weight is 444 g/mol. The molecule has 1 aromatic heterocycles. The molecule has 0 N–H and O–H groups in total. The molecule has 0 aliphatic carbocycles. The van der Waals surface area contributed by atoms with Gasteiger partial charge in [-0.3, -0.25) is 0 Å². The van der Waals surface area contributed by atoms with E-state index < -0.39 is 27.8 Å². The van der Waals surface area contributed by atoms with E-state index in [0.717, 1.165) is 29.5 Å². The van der Waals surface area contributed by atoms with Gasteiger partial charge in [-0.25, -0.2) is 17.2 Å². The fraction of sp³-hybridized carbons (Fsp3) is 0.333. The summed E-state index contributed by atoms with van der Waals surface area (Å²) in [7, 11) is -3.84. The van der Waals surface area contributed by atoms with E-state index in [9.17, 15) is 17.2 Å². The number of rotatable bonds is 5. The van der Waals surface area contributed by atoms with Gasteiger partial charge in [0.15, 0.2) is 11.6 Å². The highest BCUT2D eigenvalue weighted by atomic mass is 35.5. The molecule has 3 rings (SSSR count). The molecule has 0 spiro atoms. The van der Waals surface area contributed by atoms with Gasteiger partial charge in [0.1, 0.15) is 27.8 Å². The smallest absolute Gasteiger partial charge is 0.245 e. The first-order valence-corrected chi connectivity index (χ1v) is 10.4. The van der Waals surface area contributed by atoms with E-state index in [1.165, 1.54) is 10.4 Å². The molecule has 1 unspecified atom stereocenters. The molecular formula is C15H13Cl2F2NO4S2. The molecular weight excluding hydrogens is 431 g/mol. The van der Waals surface area contributed by atoms with Gasteiger partial charge in [-0.1, -0.05) is 23.2 Å². The van der Waals surface area contributed by atoms with Gasteiger partial charge in [-0.2, -0.15) is 4.31 Å². The van der Waals surface area contributed by atoms with E-state index in [0.29, 0.717) is 0 Å². The largest absolute Gasteiger partial charge is 0.488 e. The predicted octanol–water partition coefficient (Wildman–Crippen LogP) is 3.80. The minimum atomic E-state index is -3.84. The number of hydrogen-bond donors (Lipinski definition) is 0. The lowest BCUT2D eigenvalue weighted by molar-refractivity contribution is -0.0255. The molecule has 11 heteroatoms. The quantitative estimate of drug-likeness (QED) is 0.704. The van der Waals surface area contributed by atoms with Crippen LogP contribution in [0.5, 0.6) is 5.75 Å². The summed E-state index contributed by atoms with van der Waals surface area (Å²) in [5.41, 5.74) is 0. The number of hydrogen-bond acceptors (Lipinski definition) is 5. The molecule has 1 aliphatic heterocycles. The number of ether oxygens (including phenoxy) is 2. The van der Waals surface area contributed by atoms with Crippen LogP contribution in [0.25, 0.3) is 0 Å². The van der Waals surface area contributed by atoms with Gasteiger partial charge >= 0.3 is 0 Å². The van der Waals surface area contributed by atoms with Gasteiger partial charge in [-0.05, 0) is 18.2 Å². The second-order valence-electron chi connectivity index (χ2n) is 5.43. The molecule has 0 saturated carbocycles. The molecule has 1 aliphatic rings. The van der Waals surface area contributed by atoms with E-state index >= 15 is 0 Å². The van der Waals surface area contributed by atoms with Gasteiger partial charge in [-0.15, -0.1) is 11.3 Å². The van der Waals surface area contributed by atoms with Crippen molar-refractivity contribution in [3.63, 3.8) is 0 Å². The zero-order chi connectivity index (χ0) is 18.9. The lowest BCUT2D eigenvalue weighted by atomic mass is 10.3. The molecule has 0 radical (unpaired) electrons. The number of halogens is 4. The van der Waals surface area contributed by atoms with Crippen molar-refractivity contribution in [3.8, 4) is 5.75 Å². The van der Waals surface area contributed by atoms with Crippen molar-refractivity contribution < 1.29 is 26.7 Å². The van der Waals surface area contributed by atoms with Crippen molar-refractivity contribution in [3.05, 3.63) is 44.6 Å². The Kier molecular flexibility index (Phi) is 6.05. The first kappa shape index (κ1) is 19.8. The number of thiophene rings is 1. The predicted molar refractivity (Wildman–Crippen MR) is 94.7 cm³/mol. The Morgan fingerprint density at radius 3 is 2.77 bits per heavy atom. The van der Waals surface area contributed by atoms with Gasteiger partial charge in [0.25, 0.3) is 0 Å². The summed E-state index contributed by atoms with van der Waals surface area (Å²) in [5.74, 6) is -1.62. The zero-order valence-corrected chi connectivity index (χ0v) is 16.3. The SMILES string of the molecule is O=S(=O)(c1cc(Cl)sc1Cl)N1CCOC(COc2cc(F)ccc2F)C1. The van der Waals surface area contributed by atoms with Gasteiger partial charge in [0, 0.05) is 19.2 Å². The maximum atomic E-state index is 13.6. The summed E-state index contributed by atoms with van der Waals surface area (Å²) in [6.07, 6.45) is -0.644. The molecule has 1 fully saturated rings. The highest BCUT2D eigenvalue weighted by Crippen LogP contribution is 2.36. The summed E-state index contributed by atoms with van der Waals surface area (Å²) in [5, 5.41) is 0. The average Bonchev–Trinajstić information content (AvgIpc) is 2.95. The first-order valence-electron chi connectivity index (χ1n) is 7.42. The van der Waals surface area contributed by atoms with Crippen molar-refractivity contribution in [2.75, 3.05) is 26.3 Å². The van der Waals surface area contributed by atoms with Crippen LogP contribution in [0.1, 0.15) is 0 Å². The number of benzene rings is 1. The molecule has 0 bridgehead atoms. The van der Waals surface area contributed by atoms with Crippen LogP contribution in [-0.4, -0.2) is 45.1 Å². The lowest BCUT2D eigenvalue weighted by Crippen LogP contribution is -2.47. The Hall–Kier alpha value is -0.970. The maximum absolute atomic E-state index is 13.6. The Morgan fingerprint density at radius 2 is 2.08 bits per heavy atom. The van der Waals surface area contributed by atoms with Crippen LogP contribution in [0.2, 0.25) is 8.67 Å². The second-order valence-corrected chi connectivity index (χ2v) is 9.62. The van der Waals surface area contributed by atoms with Crippen molar-refractivity contribution in [2.45, 2.75) is 11.0 Å². The van der Waals surface area contributed by atoms with E-state index in [2.05, 4.69) is 0 Å². The van der Waals surface area contributed by atoms with Crippen LogP contribution < -0.4 is 4.74 Å². The van der Waals surface area contributed by atoms with Crippen LogP contribution in [-0.2, 0) is 14.8 Å². The Balaban J connectivity index is 1.69. The highest BCUT2D eigenvalue weighted by molar-refractivity contribution is 7.89. The third-order valence-electron chi connectivity index (χ3n) is 3.66. The fourth-order valence-electron chi connectivity index (χ4n) is 2.42. The lowest BCUT2D eigenvalue weighted by Gasteiger charge is -2.31. The summed E-state index contributed by atoms with van der Waals surface area (Å²) >= 11 is 12.7. The van der Waals surface area contributed by atoms with E-state index in [1.54, 1.807) is 0 Å². The molecule has 26 heavy (non-hydrogen) atoms. The van der Waals surface area contributed by atoms with E-state index in [1.807, 2.05) is 0 Å². The van der Waals surface area contributed by atoms with Crippen LogP contribution in [0, 0.1) is 11.6 Å². The third-order valence-corrected chi connectivity index (χ3v) is 7.28. The number of morpholine rings is 1. The van der Waals surface area contributed by atoms with E-state index in [4.69, 9.17) is 32.7 Å². The van der Waals surface area contributed by atoms with Crippen LogP contribution in [0.15, 0.2) is 29.2 Å². The molecule has 142 valence electrons. The van der Waals surface area contributed by atoms with Crippen LogP contribution in [0.4, 0.5) is 8.78 Å². The standard InChI is InChI=1S/C15H13Cl2F2NO4S2/c16-14-6-13(15(17)25-14)26(21,22)20-3-4-23-10(7-20)8-24-12-5-9(18)1-2-11(12)19/h1-2,5-6,10H,3-4,7-8H2. The van der Waals surface area contributed by atoms with Crippen LogP contribution in [0.3, 0.4) is 0 Å². The molecule has 5 nitrogen and oxygen atoms in total. The monoisotopic (exact) mass is 443 g/mol. The minimum Gasteiger partial charge on any atom is -0.488 e. The Morgan fingerprint density at radius 1 is 1.31 bits per heavy atom. The van der Waals surface area contributed by atoms with Gasteiger partial charge in [0.2, 0.25) is 10.0 Å². The maximum Gasteiger partial charge on any atom is 0.245 e. The summed E-state index contributed by atoms with van der Waals surface area (Å²) in [6.45, 7) is 0.124. The topological polar surface area (TPSA) is 55.8 Å². The minimum absolute atomic E-state index is 0.0109. The van der Waals surface area contributed by atoms with E-state index in [-0.39, 0.29) is 45.6 Å². The fourth-order valence-corrected chi connectivity index (χ4v) is 5.99. The number of nitrogens with zero attached hydrogens (tertiary/aromatic N) is 1. The van der Waals surface area contributed by atoms with Gasteiger partial charge in [0.05, 0.1) is 10.9 Å². The molecule has 2 aromatic rings. The third kappa shape index (κ3) is 4.29. The molecule has 2 heterocycles. The molecule has 1 atom stereocenters. The molecule has 0 amide bonds. The Bertz CT molecular complexity index is 907. The highest BCUT2D eigenvalue weighted by Gasteiger charge is 2.33.